The second-order valence-electron chi connectivity index (χ2n) is 3.37. The van der Waals surface area contributed by atoms with Crippen molar-refractivity contribution in [1.82, 2.24) is 0 Å². The van der Waals surface area contributed by atoms with E-state index in [1.807, 2.05) is 0 Å². The fourth-order valence-electron chi connectivity index (χ4n) is 1.27. The fourth-order valence-corrected chi connectivity index (χ4v) is 1.27. The minimum atomic E-state index is -0.822. The fraction of sp³-hybridized carbons (Fsp3) is 0.875. The SMILES string of the molecule is CC1(C)OCC[C@H](CC(=O)O)O1. The monoisotopic (exact) mass is 174 g/mol. The highest BCUT2D eigenvalue weighted by Gasteiger charge is 2.30. The zero-order valence-corrected chi connectivity index (χ0v) is 7.37. The van der Waals surface area contributed by atoms with Crippen LogP contribution in [0, 0.1) is 0 Å². The molecular formula is C8H14O4. The molecule has 1 N–H and O–H groups in total. The smallest absolute Gasteiger partial charge is 0.305 e. The van der Waals surface area contributed by atoms with E-state index >= 15 is 0 Å². The number of aliphatic carboxylic acids is 1. The van der Waals surface area contributed by atoms with Crippen LogP contribution >= 0.6 is 0 Å². The highest BCUT2D eigenvalue weighted by atomic mass is 16.7. The Bertz CT molecular complexity index is 176. The predicted molar refractivity (Wildman–Crippen MR) is 41.8 cm³/mol. The van der Waals surface area contributed by atoms with Gasteiger partial charge in [-0.25, -0.2) is 0 Å². The summed E-state index contributed by atoms with van der Waals surface area (Å²) in [6, 6.07) is 0. The minimum absolute atomic E-state index is 0.0623. The van der Waals surface area contributed by atoms with E-state index in [1.54, 1.807) is 13.8 Å². The van der Waals surface area contributed by atoms with Crippen LogP contribution in [0.25, 0.3) is 0 Å². The topological polar surface area (TPSA) is 55.8 Å². The molecule has 0 aliphatic carbocycles. The molecule has 0 aromatic carbocycles. The van der Waals surface area contributed by atoms with Gasteiger partial charge in [0.2, 0.25) is 0 Å². The normalized spacial score (nSPS) is 28.3. The van der Waals surface area contributed by atoms with E-state index in [2.05, 4.69) is 0 Å². The van der Waals surface area contributed by atoms with Gasteiger partial charge in [-0.05, 0) is 20.3 Å². The zero-order chi connectivity index (χ0) is 9.19. The van der Waals surface area contributed by atoms with E-state index in [0.717, 1.165) is 0 Å². The van der Waals surface area contributed by atoms with E-state index in [9.17, 15) is 4.79 Å². The molecule has 0 aromatic heterocycles. The molecule has 1 aliphatic heterocycles. The summed E-state index contributed by atoms with van der Waals surface area (Å²) < 4.78 is 10.6. The highest BCUT2D eigenvalue weighted by molar-refractivity contribution is 5.67. The summed E-state index contributed by atoms with van der Waals surface area (Å²) in [7, 11) is 0. The first kappa shape index (κ1) is 9.48. The van der Waals surface area contributed by atoms with Gasteiger partial charge in [-0.3, -0.25) is 4.79 Å². The summed E-state index contributed by atoms with van der Waals surface area (Å²) in [6.07, 6.45) is 0.522. The lowest BCUT2D eigenvalue weighted by molar-refractivity contribution is -0.273. The first-order chi connectivity index (χ1) is 5.49. The molecule has 0 amide bonds. The average Bonchev–Trinajstić information content (AvgIpc) is 1.82. The van der Waals surface area contributed by atoms with Crippen LogP contribution in [0.4, 0.5) is 0 Å². The van der Waals surface area contributed by atoms with Crippen LogP contribution in [0.15, 0.2) is 0 Å². The third-order valence-corrected chi connectivity index (χ3v) is 1.74. The Labute approximate surface area is 71.5 Å². The van der Waals surface area contributed by atoms with E-state index in [0.29, 0.717) is 13.0 Å². The summed E-state index contributed by atoms with van der Waals surface area (Å²) >= 11 is 0. The molecule has 0 unspecified atom stereocenters. The van der Waals surface area contributed by atoms with Gasteiger partial charge in [0.25, 0.3) is 0 Å². The molecule has 0 aromatic rings. The van der Waals surface area contributed by atoms with Gasteiger partial charge in [-0.2, -0.15) is 0 Å². The lowest BCUT2D eigenvalue weighted by Gasteiger charge is -2.35. The predicted octanol–water partition coefficient (Wildman–Crippen LogP) is 1.00. The summed E-state index contributed by atoms with van der Waals surface area (Å²) in [5.74, 6) is -1.45. The van der Waals surface area contributed by atoms with Crippen LogP contribution in [0.1, 0.15) is 26.7 Å². The Morgan fingerprint density at radius 1 is 1.67 bits per heavy atom. The molecule has 4 heteroatoms. The van der Waals surface area contributed by atoms with Crippen LogP contribution in [-0.4, -0.2) is 29.6 Å². The lowest BCUT2D eigenvalue weighted by atomic mass is 10.1. The molecule has 0 radical (unpaired) electrons. The summed E-state index contributed by atoms with van der Waals surface area (Å²) in [6.45, 7) is 4.16. The largest absolute Gasteiger partial charge is 0.481 e. The van der Waals surface area contributed by atoms with E-state index in [1.165, 1.54) is 0 Å². The number of carbonyl (C=O) groups is 1. The van der Waals surface area contributed by atoms with E-state index in [-0.39, 0.29) is 12.5 Å². The molecular weight excluding hydrogens is 160 g/mol. The molecule has 0 bridgehead atoms. The maximum Gasteiger partial charge on any atom is 0.305 e. The average molecular weight is 174 g/mol. The van der Waals surface area contributed by atoms with Crippen LogP contribution in [0.2, 0.25) is 0 Å². The Hall–Kier alpha value is -0.610. The molecule has 12 heavy (non-hydrogen) atoms. The van der Waals surface area contributed by atoms with Crippen molar-refractivity contribution in [3.05, 3.63) is 0 Å². The molecule has 1 fully saturated rings. The maximum absolute atomic E-state index is 10.4. The summed E-state index contributed by atoms with van der Waals surface area (Å²) in [4.78, 5) is 10.4. The van der Waals surface area contributed by atoms with Crippen molar-refractivity contribution in [2.24, 2.45) is 0 Å². The molecule has 1 rings (SSSR count). The van der Waals surface area contributed by atoms with E-state index < -0.39 is 11.8 Å². The number of rotatable bonds is 2. The van der Waals surface area contributed by atoms with Crippen molar-refractivity contribution < 1.29 is 19.4 Å². The van der Waals surface area contributed by atoms with Gasteiger partial charge >= 0.3 is 5.97 Å². The van der Waals surface area contributed by atoms with Crippen LogP contribution < -0.4 is 0 Å². The molecule has 1 atom stereocenters. The van der Waals surface area contributed by atoms with Crippen molar-refractivity contribution in [3.8, 4) is 0 Å². The van der Waals surface area contributed by atoms with Gasteiger partial charge in [-0.1, -0.05) is 0 Å². The van der Waals surface area contributed by atoms with Gasteiger partial charge in [0.1, 0.15) is 0 Å². The minimum Gasteiger partial charge on any atom is -0.481 e. The Kier molecular flexibility index (Phi) is 2.69. The van der Waals surface area contributed by atoms with Crippen molar-refractivity contribution in [3.63, 3.8) is 0 Å². The maximum atomic E-state index is 10.4. The number of carboxylic acids is 1. The quantitative estimate of drug-likeness (QED) is 0.678. The first-order valence-electron chi connectivity index (χ1n) is 4.03. The van der Waals surface area contributed by atoms with Crippen molar-refractivity contribution in [2.45, 2.75) is 38.6 Å². The Morgan fingerprint density at radius 2 is 2.33 bits per heavy atom. The lowest BCUT2D eigenvalue weighted by Crippen LogP contribution is -2.40. The molecule has 4 nitrogen and oxygen atoms in total. The molecule has 1 aliphatic rings. The van der Waals surface area contributed by atoms with Crippen LogP contribution in [-0.2, 0) is 14.3 Å². The van der Waals surface area contributed by atoms with Gasteiger partial charge in [0.05, 0.1) is 19.1 Å². The van der Waals surface area contributed by atoms with Crippen molar-refractivity contribution in [2.75, 3.05) is 6.61 Å². The molecule has 0 saturated carbocycles. The van der Waals surface area contributed by atoms with Gasteiger partial charge < -0.3 is 14.6 Å². The van der Waals surface area contributed by atoms with Crippen molar-refractivity contribution in [1.29, 1.82) is 0 Å². The Morgan fingerprint density at radius 3 is 2.83 bits per heavy atom. The standard InChI is InChI=1S/C8H14O4/c1-8(2)11-4-3-6(12-8)5-7(9)10/h6H,3-5H2,1-2H3,(H,9,10)/t6-/m1/s1. The molecule has 0 spiro atoms. The first-order valence-corrected chi connectivity index (χ1v) is 4.03. The summed E-state index contributed by atoms with van der Waals surface area (Å²) in [5.41, 5.74) is 0. The van der Waals surface area contributed by atoms with Gasteiger partial charge in [0.15, 0.2) is 5.79 Å². The second-order valence-corrected chi connectivity index (χ2v) is 3.37. The number of ether oxygens (including phenoxy) is 2. The molecule has 1 saturated heterocycles. The highest BCUT2D eigenvalue weighted by Crippen LogP contribution is 2.23. The van der Waals surface area contributed by atoms with E-state index in [4.69, 9.17) is 14.6 Å². The zero-order valence-electron chi connectivity index (χ0n) is 7.37. The van der Waals surface area contributed by atoms with Crippen LogP contribution in [0.3, 0.4) is 0 Å². The van der Waals surface area contributed by atoms with Crippen LogP contribution in [0.5, 0.6) is 0 Å². The number of hydrogen-bond acceptors (Lipinski definition) is 3. The van der Waals surface area contributed by atoms with Gasteiger partial charge in [0, 0.05) is 0 Å². The molecule has 1 heterocycles. The molecule has 70 valence electrons. The second kappa shape index (κ2) is 3.41. The third-order valence-electron chi connectivity index (χ3n) is 1.74. The third kappa shape index (κ3) is 2.79. The number of hydrogen-bond donors (Lipinski definition) is 1. The van der Waals surface area contributed by atoms with Crippen molar-refractivity contribution >= 4 is 5.97 Å². The number of carboxylic acid groups (broad SMARTS) is 1. The Balaban J connectivity index is 2.41. The summed E-state index contributed by atoms with van der Waals surface area (Å²) in [5, 5.41) is 8.52. The van der Waals surface area contributed by atoms with Gasteiger partial charge in [-0.15, -0.1) is 0 Å².